The van der Waals surface area contributed by atoms with Crippen LogP contribution in [0.4, 0.5) is 0 Å². The van der Waals surface area contributed by atoms with Crippen LogP contribution < -0.4 is 10.1 Å². The van der Waals surface area contributed by atoms with Crippen molar-refractivity contribution in [3.63, 3.8) is 0 Å². The van der Waals surface area contributed by atoms with E-state index in [1.54, 1.807) is 12.4 Å². The van der Waals surface area contributed by atoms with E-state index in [-0.39, 0.29) is 12.5 Å². The third-order valence-electron chi connectivity index (χ3n) is 3.90. The smallest absolute Gasteiger partial charge is 0.258 e. The Hall–Kier alpha value is -2.36. The molecule has 1 aliphatic rings. The normalized spacial score (nSPS) is 13.3. The fraction of sp³-hybridized carbons (Fsp3) is 0.333. The fourth-order valence-corrected chi connectivity index (χ4v) is 2.70. The number of nitrogens with zero attached hydrogens (tertiary/aromatic N) is 1. The first kappa shape index (κ1) is 14.6. The number of hydrogen-bond acceptors (Lipinski definition) is 3. The largest absolute Gasteiger partial charge is 0.484 e. The van der Waals surface area contributed by atoms with Gasteiger partial charge in [-0.3, -0.25) is 9.78 Å². The van der Waals surface area contributed by atoms with Crippen LogP contribution >= 0.6 is 0 Å². The minimum absolute atomic E-state index is 0.0407. The molecule has 3 rings (SSSR count). The van der Waals surface area contributed by atoms with E-state index < -0.39 is 0 Å². The number of hydrogen-bond donors (Lipinski definition) is 1. The van der Waals surface area contributed by atoms with Gasteiger partial charge in [-0.15, -0.1) is 0 Å². The second-order valence-corrected chi connectivity index (χ2v) is 5.56. The minimum Gasteiger partial charge on any atom is -0.484 e. The molecule has 0 unspecified atom stereocenters. The molecule has 1 aliphatic carbocycles. The highest BCUT2D eigenvalue weighted by Gasteiger charge is 2.10. The number of pyridine rings is 1. The number of amides is 1. The zero-order valence-electron chi connectivity index (χ0n) is 12.5. The second kappa shape index (κ2) is 7.07. The maximum absolute atomic E-state index is 11.8. The molecule has 4 nitrogen and oxygen atoms in total. The molecule has 0 saturated carbocycles. The van der Waals surface area contributed by atoms with Crippen molar-refractivity contribution >= 4 is 5.91 Å². The van der Waals surface area contributed by atoms with Crippen LogP contribution in [0.3, 0.4) is 0 Å². The van der Waals surface area contributed by atoms with E-state index in [0.29, 0.717) is 6.54 Å². The standard InChI is InChI=1S/C18H20N2O2/c21-18(20-12-14-4-3-9-19-11-14)13-22-17-8-7-15-5-1-2-6-16(15)10-17/h3-4,7-11H,1-2,5-6,12-13H2,(H,20,21). The van der Waals surface area contributed by atoms with Crippen molar-refractivity contribution in [3.05, 3.63) is 59.4 Å². The van der Waals surface area contributed by atoms with Crippen LogP contribution in [0.15, 0.2) is 42.7 Å². The molecule has 2 aromatic rings. The van der Waals surface area contributed by atoms with E-state index in [2.05, 4.69) is 22.4 Å². The SMILES string of the molecule is O=C(COc1ccc2c(c1)CCCC2)NCc1cccnc1. The van der Waals surface area contributed by atoms with Crippen molar-refractivity contribution in [2.75, 3.05) is 6.61 Å². The molecule has 114 valence electrons. The molecular weight excluding hydrogens is 276 g/mol. The maximum Gasteiger partial charge on any atom is 0.258 e. The van der Waals surface area contributed by atoms with Crippen LogP contribution in [-0.4, -0.2) is 17.5 Å². The van der Waals surface area contributed by atoms with E-state index in [4.69, 9.17) is 4.74 Å². The number of nitrogens with one attached hydrogen (secondary N) is 1. The molecule has 0 fully saturated rings. The van der Waals surface area contributed by atoms with Gasteiger partial charge in [-0.05, 0) is 60.6 Å². The third kappa shape index (κ3) is 3.85. The van der Waals surface area contributed by atoms with Gasteiger partial charge in [0.1, 0.15) is 5.75 Å². The Balaban J connectivity index is 1.48. The number of carbonyl (C=O) groups is 1. The van der Waals surface area contributed by atoms with Gasteiger partial charge in [0, 0.05) is 18.9 Å². The predicted octanol–water partition coefficient (Wildman–Crippen LogP) is 2.66. The zero-order valence-corrected chi connectivity index (χ0v) is 12.5. The first-order valence-electron chi connectivity index (χ1n) is 7.71. The summed E-state index contributed by atoms with van der Waals surface area (Å²) < 4.78 is 5.59. The summed E-state index contributed by atoms with van der Waals surface area (Å²) in [5.74, 6) is 0.652. The van der Waals surface area contributed by atoms with Gasteiger partial charge in [-0.1, -0.05) is 12.1 Å². The van der Waals surface area contributed by atoms with E-state index in [1.807, 2.05) is 18.2 Å². The Morgan fingerprint density at radius 2 is 2.05 bits per heavy atom. The van der Waals surface area contributed by atoms with Gasteiger partial charge in [-0.25, -0.2) is 0 Å². The van der Waals surface area contributed by atoms with Gasteiger partial charge >= 0.3 is 0 Å². The highest BCUT2D eigenvalue weighted by atomic mass is 16.5. The highest BCUT2D eigenvalue weighted by Crippen LogP contribution is 2.25. The topological polar surface area (TPSA) is 51.2 Å². The van der Waals surface area contributed by atoms with Gasteiger partial charge < -0.3 is 10.1 Å². The summed E-state index contributed by atoms with van der Waals surface area (Å²) in [5.41, 5.74) is 3.75. The summed E-state index contributed by atoms with van der Waals surface area (Å²) in [5, 5.41) is 2.83. The first-order valence-corrected chi connectivity index (χ1v) is 7.71. The zero-order chi connectivity index (χ0) is 15.2. The van der Waals surface area contributed by atoms with E-state index in [1.165, 1.54) is 24.0 Å². The number of benzene rings is 1. The second-order valence-electron chi connectivity index (χ2n) is 5.56. The Kier molecular flexibility index (Phi) is 4.68. The number of carbonyl (C=O) groups excluding carboxylic acids is 1. The van der Waals surface area contributed by atoms with Crippen molar-refractivity contribution in [2.45, 2.75) is 32.2 Å². The van der Waals surface area contributed by atoms with Crippen LogP contribution in [-0.2, 0) is 24.2 Å². The Labute approximate surface area is 130 Å². The molecule has 22 heavy (non-hydrogen) atoms. The van der Waals surface area contributed by atoms with Crippen LogP contribution in [0.2, 0.25) is 0 Å². The molecule has 1 aromatic heterocycles. The van der Waals surface area contributed by atoms with Gasteiger partial charge in [0.2, 0.25) is 0 Å². The number of fused-ring (bicyclic) bond motifs is 1. The Bertz CT molecular complexity index is 641. The van der Waals surface area contributed by atoms with Crippen molar-refractivity contribution in [3.8, 4) is 5.75 Å². The van der Waals surface area contributed by atoms with Crippen molar-refractivity contribution in [1.29, 1.82) is 0 Å². The van der Waals surface area contributed by atoms with Crippen LogP contribution in [0.1, 0.15) is 29.5 Å². The third-order valence-corrected chi connectivity index (χ3v) is 3.90. The Morgan fingerprint density at radius 1 is 1.18 bits per heavy atom. The number of aryl methyl sites for hydroxylation is 2. The summed E-state index contributed by atoms with van der Waals surface area (Å²) in [6.45, 7) is 0.513. The average Bonchev–Trinajstić information content (AvgIpc) is 2.59. The molecule has 0 radical (unpaired) electrons. The molecule has 1 heterocycles. The first-order chi connectivity index (χ1) is 10.8. The van der Waals surface area contributed by atoms with Gasteiger partial charge in [0.05, 0.1) is 0 Å². The molecule has 0 atom stereocenters. The van der Waals surface area contributed by atoms with Crippen molar-refractivity contribution in [1.82, 2.24) is 10.3 Å². The molecule has 0 spiro atoms. The number of aromatic nitrogens is 1. The molecule has 0 saturated heterocycles. The van der Waals surface area contributed by atoms with E-state index in [0.717, 1.165) is 24.2 Å². The van der Waals surface area contributed by atoms with Crippen LogP contribution in [0.5, 0.6) is 5.75 Å². The number of ether oxygens (including phenoxy) is 1. The average molecular weight is 296 g/mol. The van der Waals surface area contributed by atoms with Crippen molar-refractivity contribution < 1.29 is 9.53 Å². The Morgan fingerprint density at radius 3 is 2.86 bits per heavy atom. The minimum atomic E-state index is -0.124. The lowest BCUT2D eigenvalue weighted by molar-refractivity contribution is -0.123. The lowest BCUT2D eigenvalue weighted by Gasteiger charge is -2.16. The molecule has 1 amide bonds. The summed E-state index contributed by atoms with van der Waals surface area (Å²) in [6, 6.07) is 9.93. The quantitative estimate of drug-likeness (QED) is 0.923. The maximum atomic E-state index is 11.8. The lowest BCUT2D eigenvalue weighted by Crippen LogP contribution is -2.28. The van der Waals surface area contributed by atoms with Crippen LogP contribution in [0, 0.1) is 0 Å². The molecule has 0 bridgehead atoms. The molecular formula is C18H20N2O2. The van der Waals surface area contributed by atoms with E-state index in [9.17, 15) is 4.79 Å². The summed E-state index contributed by atoms with van der Waals surface area (Å²) in [4.78, 5) is 15.8. The van der Waals surface area contributed by atoms with Gasteiger partial charge in [0.25, 0.3) is 5.91 Å². The number of rotatable bonds is 5. The summed E-state index contributed by atoms with van der Waals surface area (Å²) >= 11 is 0. The summed E-state index contributed by atoms with van der Waals surface area (Å²) in [6.07, 6.45) is 8.22. The van der Waals surface area contributed by atoms with Gasteiger partial charge in [0.15, 0.2) is 6.61 Å². The van der Waals surface area contributed by atoms with Crippen molar-refractivity contribution in [2.24, 2.45) is 0 Å². The van der Waals surface area contributed by atoms with E-state index >= 15 is 0 Å². The lowest BCUT2D eigenvalue weighted by atomic mass is 9.92. The van der Waals surface area contributed by atoms with Crippen LogP contribution in [0.25, 0.3) is 0 Å². The molecule has 0 aliphatic heterocycles. The summed E-state index contributed by atoms with van der Waals surface area (Å²) in [7, 11) is 0. The molecule has 4 heteroatoms. The fourth-order valence-electron chi connectivity index (χ4n) is 2.70. The monoisotopic (exact) mass is 296 g/mol. The van der Waals surface area contributed by atoms with Gasteiger partial charge in [-0.2, -0.15) is 0 Å². The molecule has 1 aromatic carbocycles. The molecule has 1 N–H and O–H groups in total. The predicted molar refractivity (Wildman–Crippen MR) is 84.7 cm³/mol. The highest BCUT2D eigenvalue weighted by molar-refractivity contribution is 5.77.